The minimum absolute atomic E-state index is 0.0618. The fourth-order valence-electron chi connectivity index (χ4n) is 0.875. The van der Waals surface area contributed by atoms with E-state index in [0.717, 1.165) is 16.7 Å². The predicted molar refractivity (Wildman–Crippen MR) is 53.6 cm³/mol. The second-order valence-electron chi connectivity index (χ2n) is 2.76. The average Bonchev–Trinajstić information content (AvgIpc) is 2.13. The number of hydrogen-bond donors (Lipinski definition) is 1. The standard InChI is InChI=1S/C9H10F3NOS/c10-9(11,12)5-14-6-15-8-4-2-1-3-7(8)13/h1-4H,5-6,13H2. The number of hydrogen-bond acceptors (Lipinski definition) is 3. The molecule has 0 aliphatic rings. The topological polar surface area (TPSA) is 35.2 Å². The zero-order valence-corrected chi connectivity index (χ0v) is 8.57. The van der Waals surface area contributed by atoms with Crippen LogP contribution in [0.2, 0.25) is 0 Å². The Hall–Kier alpha value is -0.880. The molecule has 1 rings (SSSR count). The van der Waals surface area contributed by atoms with Gasteiger partial charge in [-0.2, -0.15) is 13.2 Å². The van der Waals surface area contributed by atoms with E-state index in [1.165, 1.54) is 0 Å². The van der Waals surface area contributed by atoms with Gasteiger partial charge in [-0.25, -0.2) is 0 Å². The summed E-state index contributed by atoms with van der Waals surface area (Å²) in [6.45, 7) is -1.23. The second-order valence-corrected chi connectivity index (χ2v) is 3.73. The zero-order valence-electron chi connectivity index (χ0n) is 7.75. The van der Waals surface area contributed by atoms with Crippen LogP contribution in [-0.2, 0) is 4.74 Å². The van der Waals surface area contributed by atoms with Crippen LogP contribution in [0.5, 0.6) is 0 Å². The van der Waals surface area contributed by atoms with Gasteiger partial charge in [-0.05, 0) is 12.1 Å². The van der Waals surface area contributed by atoms with Crippen molar-refractivity contribution in [2.24, 2.45) is 0 Å². The molecule has 0 atom stereocenters. The molecule has 84 valence electrons. The van der Waals surface area contributed by atoms with Crippen LogP contribution in [0.15, 0.2) is 29.2 Å². The van der Waals surface area contributed by atoms with Crippen LogP contribution in [0.25, 0.3) is 0 Å². The lowest BCUT2D eigenvalue weighted by molar-refractivity contribution is -0.168. The first-order valence-electron chi connectivity index (χ1n) is 4.11. The Balaban J connectivity index is 2.30. The summed E-state index contributed by atoms with van der Waals surface area (Å²) in [6.07, 6.45) is -4.28. The van der Waals surface area contributed by atoms with Crippen molar-refractivity contribution in [3.05, 3.63) is 24.3 Å². The molecule has 2 nitrogen and oxygen atoms in total. The van der Waals surface area contributed by atoms with Gasteiger partial charge in [-0.1, -0.05) is 23.9 Å². The molecule has 0 saturated heterocycles. The number of para-hydroxylation sites is 1. The lowest BCUT2D eigenvalue weighted by atomic mass is 10.3. The van der Waals surface area contributed by atoms with Gasteiger partial charge in [-0.3, -0.25) is 0 Å². The molecule has 15 heavy (non-hydrogen) atoms. The van der Waals surface area contributed by atoms with Gasteiger partial charge >= 0.3 is 6.18 Å². The highest BCUT2D eigenvalue weighted by atomic mass is 32.2. The van der Waals surface area contributed by atoms with E-state index in [9.17, 15) is 13.2 Å². The number of benzene rings is 1. The van der Waals surface area contributed by atoms with Crippen molar-refractivity contribution in [3.63, 3.8) is 0 Å². The van der Waals surface area contributed by atoms with E-state index in [2.05, 4.69) is 4.74 Å². The van der Waals surface area contributed by atoms with Gasteiger partial charge in [-0.15, -0.1) is 0 Å². The van der Waals surface area contributed by atoms with Crippen LogP contribution in [0.4, 0.5) is 18.9 Å². The largest absolute Gasteiger partial charge is 0.411 e. The van der Waals surface area contributed by atoms with Gasteiger partial charge in [0.25, 0.3) is 0 Å². The third-order valence-electron chi connectivity index (χ3n) is 1.48. The van der Waals surface area contributed by atoms with E-state index in [-0.39, 0.29) is 5.94 Å². The summed E-state index contributed by atoms with van der Waals surface area (Å²) in [6, 6.07) is 6.95. The molecule has 0 bridgehead atoms. The van der Waals surface area contributed by atoms with Crippen molar-refractivity contribution in [3.8, 4) is 0 Å². The van der Waals surface area contributed by atoms with Crippen molar-refractivity contribution in [1.82, 2.24) is 0 Å². The fraction of sp³-hybridized carbons (Fsp3) is 0.333. The lowest BCUT2D eigenvalue weighted by Crippen LogP contribution is -2.16. The molecule has 0 aliphatic carbocycles. The Bertz CT molecular complexity index is 316. The Kier molecular flexibility index (Phi) is 4.28. The van der Waals surface area contributed by atoms with E-state index < -0.39 is 12.8 Å². The molecule has 6 heteroatoms. The maximum Gasteiger partial charge on any atom is 0.411 e. The number of thioether (sulfide) groups is 1. The molecule has 1 aromatic rings. The van der Waals surface area contributed by atoms with E-state index in [1.807, 2.05) is 0 Å². The number of alkyl halides is 3. The van der Waals surface area contributed by atoms with Gasteiger partial charge < -0.3 is 10.5 Å². The number of halogens is 3. The molecule has 0 fully saturated rings. The third-order valence-corrected chi connectivity index (χ3v) is 2.45. The molecule has 2 N–H and O–H groups in total. The van der Waals surface area contributed by atoms with Crippen molar-refractivity contribution in [2.75, 3.05) is 18.3 Å². The highest BCUT2D eigenvalue weighted by Crippen LogP contribution is 2.25. The zero-order chi connectivity index (χ0) is 11.3. The number of rotatable bonds is 4. The first-order chi connectivity index (χ1) is 6.99. The summed E-state index contributed by atoms with van der Waals surface area (Å²) >= 11 is 1.14. The summed E-state index contributed by atoms with van der Waals surface area (Å²) in [4.78, 5) is 0.722. The minimum atomic E-state index is -4.28. The third kappa shape index (κ3) is 4.94. The van der Waals surface area contributed by atoms with Crippen LogP contribution in [0, 0.1) is 0 Å². The van der Waals surface area contributed by atoms with Gasteiger partial charge in [0.05, 0.1) is 5.94 Å². The van der Waals surface area contributed by atoms with E-state index in [1.54, 1.807) is 24.3 Å². The van der Waals surface area contributed by atoms with Crippen molar-refractivity contribution in [1.29, 1.82) is 0 Å². The molecule has 0 amide bonds. The monoisotopic (exact) mass is 237 g/mol. The fourth-order valence-corrected chi connectivity index (χ4v) is 1.58. The average molecular weight is 237 g/mol. The Morgan fingerprint density at radius 1 is 1.27 bits per heavy atom. The first-order valence-corrected chi connectivity index (χ1v) is 5.09. The summed E-state index contributed by atoms with van der Waals surface area (Å²) in [5.74, 6) is -0.0618. The number of ether oxygens (including phenoxy) is 1. The maximum absolute atomic E-state index is 11.7. The molecule has 0 aliphatic heterocycles. The Morgan fingerprint density at radius 3 is 2.53 bits per heavy atom. The van der Waals surface area contributed by atoms with Crippen molar-refractivity contribution >= 4 is 17.4 Å². The molecule has 1 aromatic carbocycles. The molecular weight excluding hydrogens is 227 g/mol. The quantitative estimate of drug-likeness (QED) is 0.378. The van der Waals surface area contributed by atoms with Crippen LogP contribution < -0.4 is 5.73 Å². The van der Waals surface area contributed by atoms with Crippen LogP contribution in [-0.4, -0.2) is 18.7 Å². The molecule has 0 unspecified atom stereocenters. The van der Waals surface area contributed by atoms with Gasteiger partial charge in [0.15, 0.2) is 0 Å². The first kappa shape index (κ1) is 12.2. The highest BCUT2D eigenvalue weighted by molar-refractivity contribution is 7.99. The molecule has 0 saturated carbocycles. The number of anilines is 1. The molecule has 0 heterocycles. The van der Waals surface area contributed by atoms with Gasteiger partial charge in [0, 0.05) is 10.6 Å². The highest BCUT2D eigenvalue weighted by Gasteiger charge is 2.27. The Morgan fingerprint density at radius 2 is 1.93 bits per heavy atom. The number of nitrogen functional groups attached to an aromatic ring is 1. The van der Waals surface area contributed by atoms with Crippen LogP contribution in [0.3, 0.4) is 0 Å². The molecule has 0 radical (unpaired) electrons. The second kappa shape index (κ2) is 5.27. The minimum Gasteiger partial charge on any atom is -0.398 e. The number of nitrogens with two attached hydrogens (primary N) is 1. The van der Waals surface area contributed by atoms with Gasteiger partial charge in [0.1, 0.15) is 6.61 Å². The van der Waals surface area contributed by atoms with Crippen LogP contribution >= 0.6 is 11.8 Å². The normalized spacial score (nSPS) is 11.7. The maximum atomic E-state index is 11.7. The summed E-state index contributed by atoms with van der Waals surface area (Å²) in [5.41, 5.74) is 6.13. The SMILES string of the molecule is Nc1ccccc1SCOCC(F)(F)F. The molecule has 0 aromatic heterocycles. The lowest BCUT2D eigenvalue weighted by Gasteiger charge is -2.08. The molecule has 0 spiro atoms. The van der Waals surface area contributed by atoms with Crippen molar-refractivity contribution < 1.29 is 17.9 Å². The summed E-state index contributed by atoms with van der Waals surface area (Å²) in [7, 11) is 0. The van der Waals surface area contributed by atoms with E-state index in [4.69, 9.17) is 5.73 Å². The van der Waals surface area contributed by atoms with E-state index >= 15 is 0 Å². The van der Waals surface area contributed by atoms with E-state index in [0.29, 0.717) is 5.69 Å². The summed E-state index contributed by atoms with van der Waals surface area (Å²) in [5, 5.41) is 0. The van der Waals surface area contributed by atoms with Gasteiger partial charge in [0.2, 0.25) is 0 Å². The van der Waals surface area contributed by atoms with Crippen molar-refractivity contribution in [2.45, 2.75) is 11.1 Å². The molecular formula is C9H10F3NOS. The summed E-state index contributed by atoms with van der Waals surface area (Å²) < 4.78 is 39.5. The predicted octanol–water partition coefficient (Wildman–Crippen LogP) is 2.90. The Labute approximate surface area is 89.6 Å². The van der Waals surface area contributed by atoms with Crippen LogP contribution in [0.1, 0.15) is 0 Å². The smallest absolute Gasteiger partial charge is 0.398 e.